The minimum absolute atomic E-state index is 0.576. The van der Waals surface area contributed by atoms with E-state index in [1.807, 2.05) is 0 Å². The molecule has 2 aliphatic rings. The number of hydrogen-bond acceptors (Lipinski definition) is 2. The highest BCUT2D eigenvalue weighted by Gasteiger charge is 2.27. The van der Waals surface area contributed by atoms with Gasteiger partial charge in [-0.05, 0) is 44.3 Å². The molecule has 2 nitrogen and oxygen atoms in total. The van der Waals surface area contributed by atoms with Crippen LogP contribution in [0, 0.1) is 11.8 Å². The summed E-state index contributed by atoms with van der Waals surface area (Å²) in [4.78, 5) is 2.31. The van der Waals surface area contributed by atoms with Crippen molar-refractivity contribution in [1.29, 1.82) is 0 Å². The molecule has 0 amide bonds. The van der Waals surface area contributed by atoms with Crippen LogP contribution in [0.15, 0.2) is 0 Å². The first-order valence-electron chi connectivity index (χ1n) is 5.83. The summed E-state index contributed by atoms with van der Waals surface area (Å²) in [5, 5.41) is 3.40. The normalized spacial score (nSPS) is 40.3. The third kappa shape index (κ3) is 2.45. The lowest BCUT2D eigenvalue weighted by atomic mass is 9.96. The van der Waals surface area contributed by atoms with Gasteiger partial charge in [-0.1, -0.05) is 6.92 Å². The van der Waals surface area contributed by atoms with Gasteiger partial charge in [0.15, 0.2) is 0 Å². The number of alkyl halides is 1. The lowest BCUT2D eigenvalue weighted by Crippen LogP contribution is -2.40. The van der Waals surface area contributed by atoms with Crippen LogP contribution in [-0.2, 0) is 0 Å². The Morgan fingerprint density at radius 1 is 1.43 bits per heavy atom. The fraction of sp³-hybridized carbons (Fsp3) is 1.00. The van der Waals surface area contributed by atoms with E-state index in [4.69, 9.17) is 0 Å². The number of likely N-dealkylation sites (tertiary alicyclic amines) is 1. The summed E-state index contributed by atoms with van der Waals surface area (Å²) in [6.45, 7) is 7.41. The Kier molecular flexibility index (Phi) is 3.39. The summed E-state index contributed by atoms with van der Waals surface area (Å²) in [5.41, 5.74) is 0. The van der Waals surface area contributed by atoms with E-state index in [0.29, 0.717) is 6.54 Å². The first-order chi connectivity index (χ1) is 6.75. The zero-order valence-corrected chi connectivity index (χ0v) is 9.01. The highest BCUT2D eigenvalue weighted by atomic mass is 19.1. The average Bonchev–Trinajstić information content (AvgIpc) is 2.52. The Morgan fingerprint density at radius 3 is 2.93 bits per heavy atom. The number of nitrogens with zero attached hydrogens (tertiary/aromatic N) is 1. The van der Waals surface area contributed by atoms with Crippen LogP contribution in [-0.4, -0.2) is 43.8 Å². The molecule has 0 aromatic carbocycles. The summed E-state index contributed by atoms with van der Waals surface area (Å²) in [6, 6.07) is 0. The summed E-state index contributed by atoms with van der Waals surface area (Å²) < 4.78 is 13.1. The van der Waals surface area contributed by atoms with Gasteiger partial charge in [0, 0.05) is 13.1 Å². The van der Waals surface area contributed by atoms with Gasteiger partial charge < -0.3 is 10.2 Å². The monoisotopic (exact) mass is 200 g/mol. The van der Waals surface area contributed by atoms with Gasteiger partial charge in [-0.15, -0.1) is 0 Å². The fourth-order valence-electron chi connectivity index (χ4n) is 2.61. The minimum atomic E-state index is -0.576. The molecule has 0 bridgehead atoms. The molecule has 0 saturated carbocycles. The second-order valence-electron chi connectivity index (χ2n) is 4.89. The average molecular weight is 200 g/mol. The number of hydrogen-bond donors (Lipinski definition) is 1. The molecule has 2 fully saturated rings. The van der Waals surface area contributed by atoms with E-state index < -0.39 is 6.17 Å². The second kappa shape index (κ2) is 4.58. The van der Waals surface area contributed by atoms with Crippen LogP contribution in [0.1, 0.15) is 19.8 Å². The molecule has 0 aliphatic carbocycles. The molecule has 0 aromatic rings. The summed E-state index contributed by atoms with van der Waals surface area (Å²) >= 11 is 0. The van der Waals surface area contributed by atoms with Gasteiger partial charge in [0.2, 0.25) is 0 Å². The summed E-state index contributed by atoms with van der Waals surface area (Å²) in [7, 11) is 0. The van der Waals surface area contributed by atoms with Crippen molar-refractivity contribution in [3.8, 4) is 0 Å². The molecule has 0 radical (unpaired) electrons. The summed E-state index contributed by atoms with van der Waals surface area (Å²) in [5.74, 6) is 1.50. The lowest BCUT2D eigenvalue weighted by molar-refractivity contribution is 0.118. The Bertz CT molecular complexity index is 186. The quantitative estimate of drug-likeness (QED) is 0.722. The van der Waals surface area contributed by atoms with Crippen molar-refractivity contribution in [3.05, 3.63) is 0 Å². The van der Waals surface area contributed by atoms with Gasteiger partial charge in [0.25, 0.3) is 0 Å². The van der Waals surface area contributed by atoms with Crippen LogP contribution in [0.25, 0.3) is 0 Å². The van der Waals surface area contributed by atoms with Crippen LogP contribution in [0.2, 0.25) is 0 Å². The van der Waals surface area contributed by atoms with Gasteiger partial charge in [-0.3, -0.25) is 0 Å². The molecular formula is C11H21FN2. The first kappa shape index (κ1) is 10.4. The van der Waals surface area contributed by atoms with E-state index in [1.165, 1.54) is 0 Å². The molecule has 2 aliphatic heterocycles. The van der Waals surface area contributed by atoms with Crippen molar-refractivity contribution in [2.24, 2.45) is 11.8 Å². The van der Waals surface area contributed by atoms with E-state index in [-0.39, 0.29) is 0 Å². The molecule has 2 rings (SSSR count). The van der Waals surface area contributed by atoms with E-state index in [0.717, 1.165) is 50.9 Å². The first-order valence-corrected chi connectivity index (χ1v) is 5.83. The number of halogens is 1. The maximum absolute atomic E-state index is 13.1. The van der Waals surface area contributed by atoms with Crippen molar-refractivity contribution >= 4 is 0 Å². The third-order valence-corrected chi connectivity index (χ3v) is 3.62. The van der Waals surface area contributed by atoms with Crippen LogP contribution in [0.5, 0.6) is 0 Å². The lowest BCUT2D eigenvalue weighted by Gasteiger charge is -2.31. The number of nitrogens with one attached hydrogen (secondary N) is 1. The molecular weight excluding hydrogens is 179 g/mol. The van der Waals surface area contributed by atoms with Crippen LogP contribution >= 0.6 is 0 Å². The van der Waals surface area contributed by atoms with Gasteiger partial charge in [0.1, 0.15) is 6.17 Å². The van der Waals surface area contributed by atoms with Crippen molar-refractivity contribution < 1.29 is 4.39 Å². The van der Waals surface area contributed by atoms with E-state index in [9.17, 15) is 4.39 Å². The molecule has 3 heteroatoms. The van der Waals surface area contributed by atoms with Crippen molar-refractivity contribution in [1.82, 2.24) is 10.2 Å². The van der Waals surface area contributed by atoms with E-state index >= 15 is 0 Å². The predicted octanol–water partition coefficient (Wildman–Crippen LogP) is 1.28. The topological polar surface area (TPSA) is 15.3 Å². The Hall–Kier alpha value is -0.150. The standard InChI is InChI=1S/C11H21FN2/c1-9-5-13-6-10(9)7-14-4-2-3-11(12)8-14/h9-11,13H,2-8H2,1H3/t9-,10+,11?/m1/s1. The Labute approximate surface area is 85.9 Å². The Balaban J connectivity index is 1.78. The fourth-order valence-corrected chi connectivity index (χ4v) is 2.61. The van der Waals surface area contributed by atoms with Gasteiger partial charge >= 0.3 is 0 Å². The SMILES string of the molecule is C[C@@H]1CNC[C@H]1CN1CCCC(F)C1. The molecule has 0 aromatic heterocycles. The molecule has 2 heterocycles. The van der Waals surface area contributed by atoms with Gasteiger partial charge in [-0.2, -0.15) is 0 Å². The van der Waals surface area contributed by atoms with Crippen LogP contribution in [0.3, 0.4) is 0 Å². The zero-order valence-electron chi connectivity index (χ0n) is 9.01. The zero-order chi connectivity index (χ0) is 9.97. The third-order valence-electron chi connectivity index (χ3n) is 3.62. The smallest absolute Gasteiger partial charge is 0.113 e. The van der Waals surface area contributed by atoms with Crippen molar-refractivity contribution in [2.45, 2.75) is 25.9 Å². The van der Waals surface area contributed by atoms with Crippen LogP contribution < -0.4 is 5.32 Å². The second-order valence-corrected chi connectivity index (χ2v) is 4.89. The van der Waals surface area contributed by atoms with Crippen molar-refractivity contribution in [3.63, 3.8) is 0 Å². The highest BCUT2D eigenvalue weighted by Crippen LogP contribution is 2.20. The summed E-state index contributed by atoms with van der Waals surface area (Å²) in [6.07, 6.45) is 1.23. The molecule has 1 N–H and O–H groups in total. The highest BCUT2D eigenvalue weighted by molar-refractivity contribution is 4.82. The van der Waals surface area contributed by atoms with Gasteiger partial charge in [-0.25, -0.2) is 4.39 Å². The van der Waals surface area contributed by atoms with E-state index in [1.54, 1.807) is 0 Å². The number of piperidine rings is 1. The molecule has 82 valence electrons. The molecule has 2 saturated heterocycles. The molecule has 1 unspecified atom stereocenters. The van der Waals surface area contributed by atoms with E-state index in [2.05, 4.69) is 17.1 Å². The maximum Gasteiger partial charge on any atom is 0.113 e. The molecule has 3 atom stereocenters. The number of rotatable bonds is 2. The maximum atomic E-state index is 13.1. The Morgan fingerprint density at radius 2 is 2.29 bits per heavy atom. The largest absolute Gasteiger partial charge is 0.316 e. The molecule has 14 heavy (non-hydrogen) atoms. The van der Waals surface area contributed by atoms with Crippen LogP contribution in [0.4, 0.5) is 4.39 Å². The predicted molar refractivity (Wildman–Crippen MR) is 56.1 cm³/mol. The van der Waals surface area contributed by atoms with Gasteiger partial charge in [0.05, 0.1) is 0 Å². The molecule has 0 spiro atoms. The van der Waals surface area contributed by atoms with Crippen molar-refractivity contribution in [2.75, 3.05) is 32.7 Å². The minimum Gasteiger partial charge on any atom is -0.316 e.